The van der Waals surface area contributed by atoms with Gasteiger partial charge in [0.05, 0.1) is 11.1 Å². The molecule has 10 heteroatoms. The number of carbonyl (C=O) groups excluding carboxylic acids is 1. The Morgan fingerprint density at radius 3 is 2.87 bits per heavy atom. The van der Waals surface area contributed by atoms with E-state index >= 15 is 0 Å². The van der Waals surface area contributed by atoms with Gasteiger partial charge in [-0.05, 0) is 55.5 Å². The Balaban J connectivity index is 1.42. The molecule has 1 aliphatic rings. The third kappa shape index (κ3) is 4.56. The van der Waals surface area contributed by atoms with Crippen LogP contribution in [-0.4, -0.2) is 15.7 Å². The zero-order valence-electron chi connectivity index (χ0n) is 16.2. The molecule has 1 N–H and O–H groups in total. The van der Waals surface area contributed by atoms with E-state index in [1.807, 2.05) is 0 Å². The van der Waals surface area contributed by atoms with Crippen LogP contribution < -0.4 is 10.1 Å². The van der Waals surface area contributed by atoms with Crippen molar-refractivity contribution in [2.24, 2.45) is 0 Å². The molecule has 0 atom stereocenters. The van der Waals surface area contributed by atoms with Crippen molar-refractivity contribution in [3.8, 4) is 11.8 Å². The number of benzene rings is 1. The van der Waals surface area contributed by atoms with Crippen LogP contribution in [-0.2, 0) is 25.7 Å². The minimum Gasteiger partial charge on any atom is -0.471 e. The van der Waals surface area contributed by atoms with Crippen LogP contribution in [0, 0.1) is 11.3 Å². The molecule has 2 aromatic heterocycles. The predicted octanol–water partition coefficient (Wildman–Crippen LogP) is 5.00. The van der Waals surface area contributed by atoms with Gasteiger partial charge in [-0.3, -0.25) is 4.79 Å². The van der Waals surface area contributed by atoms with Gasteiger partial charge in [0.2, 0.25) is 0 Å². The summed E-state index contributed by atoms with van der Waals surface area (Å²) in [6.07, 6.45) is 0.884. The number of hydrogen-bond acceptors (Lipinski definition) is 5. The first-order valence-electron chi connectivity index (χ1n) is 9.54. The van der Waals surface area contributed by atoms with Gasteiger partial charge < -0.3 is 10.1 Å². The zero-order chi connectivity index (χ0) is 22.0. The van der Waals surface area contributed by atoms with E-state index < -0.39 is 17.6 Å². The summed E-state index contributed by atoms with van der Waals surface area (Å²) in [6.45, 7) is -0.161. The molecule has 0 fully saturated rings. The van der Waals surface area contributed by atoms with Crippen LogP contribution in [0.4, 0.5) is 18.2 Å². The molecule has 0 unspecified atom stereocenters. The molecular weight excluding hydrogens is 429 g/mol. The number of carbonyl (C=O) groups is 1. The number of nitrogens with zero attached hydrogens (tertiary/aromatic N) is 3. The molecule has 0 bridgehead atoms. The lowest BCUT2D eigenvalue weighted by Crippen LogP contribution is -2.14. The number of alkyl halides is 3. The number of rotatable bonds is 5. The monoisotopic (exact) mass is 446 g/mol. The number of nitriles is 1. The molecule has 2 heterocycles. The highest BCUT2D eigenvalue weighted by atomic mass is 32.1. The standard InChI is InChI=1S/C21H17F3N4O2S/c22-21(23,24)13-4-3-5-14(10-13)30-12-28-9-8-17(27-28)19(29)26-20-16(11-25)15-6-1-2-7-18(15)31-20/h3-5,8-10H,1-2,6-7,12H2,(H,26,29). The van der Waals surface area contributed by atoms with Crippen molar-refractivity contribution in [1.29, 1.82) is 5.26 Å². The first-order chi connectivity index (χ1) is 14.8. The molecule has 1 aromatic carbocycles. The number of aryl methyl sites for hydroxylation is 1. The molecule has 0 saturated carbocycles. The largest absolute Gasteiger partial charge is 0.471 e. The fourth-order valence-corrected chi connectivity index (χ4v) is 4.63. The number of anilines is 1. The lowest BCUT2D eigenvalue weighted by Gasteiger charge is -2.10. The second kappa shape index (κ2) is 8.43. The van der Waals surface area contributed by atoms with Crippen molar-refractivity contribution in [1.82, 2.24) is 9.78 Å². The number of amides is 1. The number of thiophene rings is 1. The van der Waals surface area contributed by atoms with Crippen LogP contribution in [0.2, 0.25) is 0 Å². The fraction of sp³-hybridized carbons (Fsp3) is 0.286. The van der Waals surface area contributed by atoms with Crippen molar-refractivity contribution in [2.45, 2.75) is 38.6 Å². The summed E-state index contributed by atoms with van der Waals surface area (Å²) in [5, 5.41) is 16.9. The van der Waals surface area contributed by atoms with E-state index in [9.17, 15) is 23.2 Å². The lowest BCUT2D eigenvalue weighted by atomic mass is 9.96. The molecule has 0 radical (unpaired) electrons. The van der Waals surface area contributed by atoms with Gasteiger partial charge in [-0.1, -0.05) is 6.07 Å². The van der Waals surface area contributed by atoms with Crippen molar-refractivity contribution in [3.05, 3.63) is 63.8 Å². The Morgan fingerprint density at radius 1 is 1.29 bits per heavy atom. The molecule has 3 aromatic rings. The smallest absolute Gasteiger partial charge is 0.416 e. The van der Waals surface area contributed by atoms with Gasteiger partial charge in [-0.15, -0.1) is 11.3 Å². The van der Waals surface area contributed by atoms with Crippen molar-refractivity contribution in [2.75, 3.05) is 5.32 Å². The SMILES string of the molecule is N#Cc1c(NC(=O)c2ccn(COc3cccc(C(F)(F)F)c3)n2)sc2c1CCCC2. The Bertz CT molecular complexity index is 1160. The van der Waals surface area contributed by atoms with Crippen molar-refractivity contribution >= 4 is 22.2 Å². The number of fused-ring (bicyclic) bond motifs is 1. The van der Waals surface area contributed by atoms with Gasteiger partial charge in [0.1, 0.15) is 16.8 Å². The van der Waals surface area contributed by atoms with Gasteiger partial charge >= 0.3 is 6.18 Å². The van der Waals surface area contributed by atoms with E-state index in [0.29, 0.717) is 10.6 Å². The Labute approximate surface area is 179 Å². The van der Waals surface area contributed by atoms with E-state index in [1.54, 1.807) is 0 Å². The summed E-state index contributed by atoms with van der Waals surface area (Å²) in [5.41, 5.74) is 0.842. The van der Waals surface area contributed by atoms with Crippen molar-refractivity contribution in [3.63, 3.8) is 0 Å². The van der Waals surface area contributed by atoms with E-state index in [4.69, 9.17) is 4.74 Å². The average molecular weight is 446 g/mol. The lowest BCUT2D eigenvalue weighted by molar-refractivity contribution is -0.137. The van der Waals surface area contributed by atoms with E-state index in [0.717, 1.165) is 48.3 Å². The quantitative estimate of drug-likeness (QED) is 0.598. The molecule has 4 rings (SSSR count). The Kier molecular flexibility index (Phi) is 5.69. The highest BCUT2D eigenvalue weighted by molar-refractivity contribution is 7.16. The summed E-state index contributed by atoms with van der Waals surface area (Å²) in [7, 11) is 0. The third-order valence-corrected chi connectivity index (χ3v) is 6.12. The number of hydrogen-bond donors (Lipinski definition) is 1. The molecule has 0 aliphatic heterocycles. The average Bonchev–Trinajstić information content (AvgIpc) is 3.36. The molecule has 1 aliphatic carbocycles. The molecule has 6 nitrogen and oxygen atoms in total. The summed E-state index contributed by atoms with van der Waals surface area (Å²) in [5.74, 6) is -0.424. The fourth-order valence-electron chi connectivity index (χ4n) is 3.40. The molecule has 0 spiro atoms. The number of halogens is 3. The van der Waals surface area contributed by atoms with Crippen molar-refractivity contribution < 1.29 is 22.7 Å². The normalized spacial score (nSPS) is 13.4. The van der Waals surface area contributed by atoms with Crippen LogP contribution in [0.3, 0.4) is 0 Å². The molecule has 0 saturated heterocycles. The van der Waals surface area contributed by atoms with Gasteiger partial charge in [-0.2, -0.15) is 23.5 Å². The highest BCUT2D eigenvalue weighted by Crippen LogP contribution is 2.37. The maximum Gasteiger partial charge on any atom is 0.416 e. The zero-order valence-corrected chi connectivity index (χ0v) is 17.0. The Hall–Kier alpha value is -3.32. The van der Waals surface area contributed by atoms with Crippen LogP contribution >= 0.6 is 11.3 Å². The van der Waals surface area contributed by atoms with Gasteiger partial charge in [0.15, 0.2) is 12.4 Å². The van der Waals surface area contributed by atoms with E-state index in [-0.39, 0.29) is 18.2 Å². The maximum atomic E-state index is 12.8. The Morgan fingerprint density at radius 2 is 2.10 bits per heavy atom. The molecular formula is C21H17F3N4O2S. The van der Waals surface area contributed by atoms with E-state index in [2.05, 4.69) is 16.5 Å². The molecule has 31 heavy (non-hydrogen) atoms. The maximum absolute atomic E-state index is 12.8. The molecule has 160 valence electrons. The molecule has 1 amide bonds. The minimum absolute atomic E-state index is 0.0409. The topological polar surface area (TPSA) is 79.9 Å². The predicted molar refractivity (Wildman–Crippen MR) is 108 cm³/mol. The van der Waals surface area contributed by atoms with Gasteiger partial charge in [-0.25, -0.2) is 4.68 Å². The van der Waals surface area contributed by atoms with Crippen LogP contribution in [0.15, 0.2) is 36.5 Å². The first-order valence-corrected chi connectivity index (χ1v) is 10.4. The minimum atomic E-state index is -4.46. The number of nitrogens with one attached hydrogen (secondary N) is 1. The number of ether oxygens (including phenoxy) is 1. The second-order valence-electron chi connectivity index (χ2n) is 7.02. The van der Waals surface area contributed by atoms with Crippen LogP contribution in [0.25, 0.3) is 0 Å². The van der Waals surface area contributed by atoms with Gasteiger partial charge in [0.25, 0.3) is 5.91 Å². The van der Waals surface area contributed by atoms with Crippen LogP contribution in [0.1, 0.15) is 44.9 Å². The summed E-state index contributed by atoms with van der Waals surface area (Å²) < 4.78 is 45.0. The van der Waals surface area contributed by atoms with Gasteiger partial charge in [0, 0.05) is 11.1 Å². The highest BCUT2D eigenvalue weighted by Gasteiger charge is 2.30. The third-order valence-electron chi connectivity index (χ3n) is 4.91. The summed E-state index contributed by atoms with van der Waals surface area (Å²) in [6, 6.07) is 8.20. The first kappa shape index (κ1) is 20.9. The summed E-state index contributed by atoms with van der Waals surface area (Å²) >= 11 is 1.42. The number of aromatic nitrogens is 2. The second-order valence-corrected chi connectivity index (χ2v) is 8.13. The van der Waals surface area contributed by atoms with E-state index in [1.165, 1.54) is 40.4 Å². The summed E-state index contributed by atoms with van der Waals surface area (Å²) in [4.78, 5) is 13.7. The van der Waals surface area contributed by atoms with Crippen LogP contribution in [0.5, 0.6) is 5.75 Å².